The molecule has 1 saturated heterocycles. The molecule has 0 aromatic heterocycles. The molecule has 2 aliphatic carbocycles. The molecule has 1 aliphatic heterocycles. The fourth-order valence-electron chi connectivity index (χ4n) is 6.33. The molecule has 26 heavy (non-hydrogen) atoms. The van der Waals surface area contributed by atoms with Crippen molar-refractivity contribution < 1.29 is 19.4 Å². The highest BCUT2D eigenvalue weighted by Gasteiger charge is 2.64. The summed E-state index contributed by atoms with van der Waals surface area (Å²) in [6.45, 7) is 8.69. The van der Waals surface area contributed by atoms with E-state index in [2.05, 4.69) is 51.8 Å². The van der Waals surface area contributed by atoms with E-state index in [1.807, 2.05) is 0 Å². The molecule has 3 aliphatic rings. The van der Waals surface area contributed by atoms with Crippen LogP contribution in [0, 0.1) is 29.1 Å². The van der Waals surface area contributed by atoms with Gasteiger partial charge in [-0.25, -0.2) is 0 Å². The summed E-state index contributed by atoms with van der Waals surface area (Å²) in [7, 11) is 3.50. The molecule has 3 rings (SSSR count). The lowest BCUT2D eigenvalue weighted by atomic mass is 9.57. The number of carbonyl (C=O) groups excluding carboxylic acids is 1. The maximum absolute atomic E-state index is 13.0. The van der Waals surface area contributed by atoms with Gasteiger partial charge in [0.15, 0.2) is 0 Å². The summed E-state index contributed by atoms with van der Waals surface area (Å²) >= 11 is 0. The Hall–Kier alpha value is -1.36. The Morgan fingerprint density at radius 1 is 1.12 bits per heavy atom. The van der Waals surface area contributed by atoms with Gasteiger partial charge in [-0.05, 0) is 78.2 Å². The second-order valence-corrected chi connectivity index (χ2v) is 9.89. The van der Waals surface area contributed by atoms with Gasteiger partial charge in [0.05, 0.1) is 18.4 Å². The summed E-state index contributed by atoms with van der Waals surface area (Å²) in [5, 5.41) is 10.3. The first kappa shape index (κ1) is 19.4. The third-order valence-electron chi connectivity index (χ3n) is 7.63. The first-order valence-corrected chi connectivity index (χ1v) is 9.69. The molecule has 1 saturated carbocycles. The van der Waals surface area contributed by atoms with Crippen LogP contribution in [0.15, 0.2) is 12.2 Å². The van der Waals surface area contributed by atoms with Gasteiger partial charge in [0.2, 0.25) is 0 Å². The van der Waals surface area contributed by atoms with Crippen LogP contribution in [-0.2, 0) is 14.3 Å². The van der Waals surface area contributed by atoms with E-state index in [1.54, 1.807) is 0 Å². The Bertz CT molecular complexity index is 620. The molecule has 146 valence electrons. The molecule has 5 heteroatoms. The molecule has 0 spiro atoms. The van der Waals surface area contributed by atoms with Crippen LogP contribution in [0.5, 0.6) is 0 Å². The van der Waals surface area contributed by atoms with Crippen molar-refractivity contribution in [2.45, 2.75) is 64.5 Å². The molecule has 4 unspecified atom stereocenters. The molecule has 1 heterocycles. The Morgan fingerprint density at radius 3 is 2.08 bits per heavy atom. The highest BCUT2D eigenvalue weighted by Crippen LogP contribution is 2.60. The molecule has 0 amide bonds. The van der Waals surface area contributed by atoms with Crippen LogP contribution in [0.4, 0.5) is 0 Å². The number of likely N-dealkylation sites (tertiary alicyclic amines) is 1. The summed E-state index contributed by atoms with van der Waals surface area (Å²) in [5.41, 5.74) is -1.16. The van der Waals surface area contributed by atoms with Crippen molar-refractivity contribution >= 4 is 11.9 Å². The van der Waals surface area contributed by atoms with E-state index in [0.717, 1.165) is 19.3 Å². The summed E-state index contributed by atoms with van der Waals surface area (Å²) in [6, 6.07) is 0. The van der Waals surface area contributed by atoms with Crippen molar-refractivity contribution in [2.24, 2.45) is 29.1 Å². The number of esters is 1. The van der Waals surface area contributed by atoms with E-state index < -0.39 is 17.3 Å². The minimum atomic E-state index is -0.924. The molecular formula is C21H33NO4. The first-order valence-electron chi connectivity index (χ1n) is 9.69. The number of nitrogens with zero attached hydrogens (tertiary/aromatic N) is 1. The van der Waals surface area contributed by atoms with E-state index in [1.165, 1.54) is 7.11 Å². The smallest absolute Gasteiger partial charge is 0.313 e. The lowest BCUT2D eigenvalue weighted by Gasteiger charge is -2.56. The highest BCUT2D eigenvalue weighted by atomic mass is 16.5. The van der Waals surface area contributed by atoms with Crippen molar-refractivity contribution in [1.82, 2.24) is 4.90 Å². The highest BCUT2D eigenvalue weighted by molar-refractivity contribution is 5.86. The SMILES string of the molecule is COC(=O)C1(C(C(=O)O)C2CC(C)(C)N(C)C(C)(C)C2)CC2C=CC1C2. The number of methoxy groups -OCH3 is 1. The topological polar surface area (TPSA) is 66.8 Å². The van der Waals surface area contributed by atoms with Crippen LogP contribution in [0.25, 0.3) is 0 Å². The van der Waals surface area contributed by atoms with Crippen molar-refractivity contribution in [3.05, 3.63) is 12.2 Å². The molecule has 4 atom stereocenters. The summed E-state index contributed by atoms with van der Waals surface area (Å²) < 4.78 is 5.19. The average molecular weight is 363 g/mol. The predicted octanol–water partition coefficient (Wildman–Crippen LogP) is 3.34. The Morgan fingerprint density at radius 2 is 1.69 bits per heavy atom. The fraction of sp³-hybridized carbons (Fsp3) is 0.810. The lowest BCUT2D eigenvalue weighted by molar-refractivity contribution is -0.175. The fourth-order valence-corrected chi connectivity index (χ4v) is 6.33. The lowest BCUT2D eigenvalue weighted by Crippen LogP contribution is -2.62. The maximum Gasteiger partial charge on any atom is 0.313 e. The van der Waals surface area contributed by atoms with Crippen LogP contribution >= 0.6 is 0 Å². The van der Waals surface area contributed by atoms with Crippen LogP contribution in [0.3, 0.4) is 0 Å². The summed E-state index contributed by atoms with van der Waals surface area (Å²) in [6.07, 6.45) is 7.22. The monoisotopic (exact) mass is 363 g/mol. The molecule has 5 nitrogen and oxygen atoms in total. The predicted molar refractivity (Wildman–Crippen MR) is 99.6 cm³/mol. The zero-order chi connectivity index (χ0) is 19.5. The maximum atomic E-state index is 13.0. The number of carboxylic acid groups (broad SMARTS) is 1. The largest absolute Gasteiger partial charge is 0.481 e. The number of carbonyl (C=O) groups is 2. The molecule has 0 aromatic carbocycles. The van der Waals surface area contributed by atoms with Crippen molar-refractivity contribution in [3.8, 4) is 0 Å². The molecule has 2 bridgehead atoms. The second kappa shape index (κ2) is 6.08. The molecule has 0 aromatic rings. The third kappa shape index (κ3) is 2.70. The standard InChI is InChI=1S/C21H33NO4/c1-19(2)11-14(12-20(3,4)22(19)5)16(17(23)24)21(18(25)26-6)10-13-7-8-15(21)9-13/h7-8,13-16H,9-12H2,1-6H3,(H,23,24). The van der Waals surface area contributed by atoms with Gasteiger partial charge in [-0.3, -0.25) is 14.5 Å². The summed E-state index contributed by atoms with van der Waals surface area (Å²) in [4.78, 5) is 27.9. The van der Waals surface area contributed by atoms with E-state index in [0.29, 0.717) is 12.3 Å². The van der Waals surface area contributed by atoms with Crippen LogP contribution in [0.2, 0.25) is 0 Å². The number of allylic oxidation sites excluding steroid dienone is 2. The zero-order valence-corrected chi connectivity index (χ0v) is 16.9. The van der Waals surface area contributed by atoms with Gasteiger partial charge in [0.25, 0.3) is 0 Å². The van der Waals surface area contributed by atoms with Gasteiger partial charge < -0.3 is 9.84 Å². The number of carboxylic acids is 1. The van der Waals surface area contributed by atoms with E-state index in [4.69, 9.17) is 4.74 Å². The number of ether oxygens (including phenoxy) is 1. The number of piperidine rings is 1. The zero-order valence-electron chi connectivity index (χ0n) is 16.9. The molecule has 2 fully saturated rings. The first-order chi connectivity index (χ1) is 12.0. The number of fused-ring (bicyclic) bond motifs is 2. The Kier molecular flexibility index (Phi) is 4.54. The van der Waals surface area contributed by atoms with Crippen molar-refractivity contribution in [3.63, 3.8) is 0 Å². The molecule has 1 N–H and O–H groups in total. The van der Waals surface area contributed by atoms with Crippen LogP contribution in [-0.4, -0.2) is 47.2 Å². The Labute approximate surface area is 156 Å². The molecular weight excluding hydrogens is 330 g/mol. The van der Waals surface area contributed by atoms with E-state index in [-0.39, 0.29) is 28.9 Å². The van der Waals surface area contributed by atoms with Crippen LogP contribution < -0.4 is 0 Å². The van der Waals surface area contributed by atoms with Gasteiger partial charge >= 0.3 is 11.9 Å². The van der Waals surface area contributed by atoms with Crippen molar-refractivity contribution in [1.29, 1.82) is 0 Å². The quantitative estimate of drug-likeness (QED) is 0.613. The Balaban J connectivity index is 2.05. The molecule has 0 radical (unpaired) electrons. The number of aliphatic carboxylic acids is 1. The van der Waals surface area contributed by atoms with Gasteiger partial charge in [-0.1, -0.05) is 12.2 Å². The minimum absolute atomic E-state index is 0.0214. The number of hydrogen-bond donors (Lipinski definition) is 1. The van der Waals surface area contributed by atoms with Crippen molar-refractivity contribution in [2.75, 3.05) is 14.2 Å². The second-order valence-electron chi connectivity index (χ2n) is 9.89. The van der Waals surface area contributed by atoms with E-state index in [9.17, 15) is 14.7 Å². The van der Waals surface area contributed by atoms with Gasteiger partial charge in [-0.2, -0.15) is 0 Å². The minimum Gasteiger partial charge on any atom is -0.481 e. The average Bonchev–Trinajstić information content (AvgIpc) is 3.12. The van der Waals surface area contributed by atoms with Gasteiger partial charge in [-0.15, -0.1) is 0 Å². The van der Waals surface area contributed by atoms with Gasteiger partial charge in [0.1, 0.15) is 0 Å². The normalized spacial score (nSPS) is 36.8. The van der Waals surface area contributed by atoms with Gasteiger partial charge in [0, 0.05) is 11.1 Å². The van der Waals surface area contributed by atoms with E-state index >= 15 is 0 Å². The number of hydrogen-bond acceptors (Lipinski definition) is 4. The third-order valence-corrected chi connectivity index (χ3v) is 7.63. The number of rotatable bonds is 4. The summed E-state index contributed by atoms with van der Waals surface area (Å²) in [5.74, 6) is -1.67. The van der Waals surface area contributed by atoms with Crippen LogP contribution in [0.1, 0.15) is 53.4 Å².